The van der Waals surface area contributed by atoms with Crippen molar-refractivity contribution in [2.24, 2.45) is 0 Å². The van der Waals surface area contributed by atoms with E-state index >= 15 is 0 Å². The number of pyridine rings is 1. The molecule has 0 bridgehead atoms. The smallest absolute Gasteiger partial charge is 0.410 e. The van der Waals surface area contributed by atoms with Gasteiger partial charge in [-0.3, -0.25) is 4.98 Å². The molecule has 6 heterocycles. The summed E-state index contributed by atoms with van der Waals surface area (Å²) in [6.45, 7) is 9.29. The van der Waals surface area contributed by atoms with Crippen molar-refractivity contribution in [2.45, 2.75) is 32.4 Å². The van der Waals surface area contributed by atoms with Crippen molar-refractivity contribution in [2.75, 3.05) is 49.6 Å². The van der Waals surface area contributed by atoms with Gasteiger partial charge in [-0.1, -0.05) is 11.3 Å². The SMILES string of the molecule is CC(C)(C)OC(=O)N1CCN(c2nnc(-c3cnc(-c4ccc5cc(C#N)cnn45)cc3NC3COC3)s2)CC1. The average Bonchev–Trinajstić information content (AvgIpc) is 3.57. The summed E-state index contributed by atoms with van der Waals surface area (Å²) >= 11 is 1.50. The molecule has 40 heavy (non-hydrogen) atoms. The zero-order valence-corrected chi connectivity index (χ0v) is 23.3. The van der Waals surface area contributed by atoms with Crippen LogP contribution in [0.1, 0.15) is 26.3 Å². The highest BCUT2D eigenvalue weighted by Crippen LogP contribution is 2.36. The number of carbonyl (C=O) groups excluding carboxylic acids is 1. The molecule has 2 aliphatic rings. The molecule has 13 heteroatoms. The Bertz CT molecular complexity index is 1590. The van der Waals surface area contributed by atoms with E-state index in [9.17, 15) is 10.1 Å². The van der Waals surface area contributed by atoms with Gasteiger partial charge in [-0.25, -0.2) is 9.31 Å². The molecular formula is C27H29N9O3S. The molecule has 206 valence electrons. The predicted molar refractivity (Wildman–Crippen MR) is 150 cm³/mol. The van der Waals surface area contributed by atoms with Crippen molar-refractivity contribution in [3.63, 3.8) is 0 Å². The highest BCUT2D eigenvalue weighted by molar-refractivity contribution is 7.18. The van der Waals surface area contributed by atoms with Crippen LogP contribution in [0.4, 0.5) is 15.6 Å². The molecule has 4 aromatic rings. The van der Waals surface area contributed by atoms with Gasteiger partial charge in [-0.15, -0.1) is 10.2 Å². The van der Waals surface area contributed by atoms with Crippen LogP contribution in [0.25, 0.3) is 27.5 Å². The number of carbonyl (C=O) groups is 1. The molecule has 2 saturated heterocycles. The molecule has 0 atom stereocenters. The fourth-order valence-electron chi connectivity index (χ4n) is 4.54. The van der Waals surface area contributed by atoms with E-state index in [1.807, 2.05) is 45.2 Å². The Hall–Kier alpha value is -4.28. The minimum atomic E-state index is -0.519. The number of anilines is 2. The van der Waals surface area contributed by atoms with Crippen LogP contribution in [0.5, 0.6) is 0 Å². The molecule has 0 saturated carbocycles. The van der Waals surface area contributed by atoms with Crippen LogP contribution in [0.15, 0.2) is 36.7 Å². The van der Waals surface area contributed by atoms with E-state index in [1.165, 1.54) is 11.3 Å². The summed E-state index contributed by atoms with van der Waals surface area (Å²) in [5.74, 6) is 0. The number of amides is 1. The second kappa shape index (κ2) is 10.4. The van der Waals surface area contributed by atoms with Gasteiger partial charge in [0.05, 0.1) is 53.5 Å². The first-order valence-electron chi connectivity index (χ1n) is 13.1. The van der Waals surface area contributed by atoms with Crippen molar-refractivity contribution < 1.29 is 14.3 Å². The van der Waals surface area contributed by atoms with Gasteiger partial charge in [0.2, 0.25) is 5.13 Å². The lowest BCUT2D eigenvalue weighted by Gasteiger charge is -2.35. The third-order valence-electron chi connectivity index (χ3n) is 6.64. The summed E-state index contributed by atoms with van der Waals surface area (Å²) in [5.41, 5.74) is 4.11. The lowest BCUT2D eigenvalue weighted by Crippen LogP contribution is -2.50. The Labute approximate surface area is 235 Å². The number of hydrogen-bond acceptors (Lipinski definition) is 11. The zero-order chi connectivity index (χ0) is 27.9. The van der Waals surface area contributed by atoms with Gasteiger partial charge < -0.3 is 24.6 Å². The van der Waals surface area contributed by atoms with E-state index in [4.69, 9.17) is 14.5 Å². The Morgan fingerprint density at radius 1 is 1.15 bits per heavy atom. The number of nitrogens with zero attached hydrogens (tertiary/aromatic N) is 8. The van der Waals surface area contributed by atoms with E-state index in [2.05, 4.69) is 31.6 Å². The number of rotatable bonds is 5. The Morgan fingerprint density at radius 2 is 1.95 bits per heavy atom. The third kappa shape index (κ3) is 5.28. The highest BCUT2D eigenvalue weighted by atomic mass is 32.1. The van der Waals surface area contributed by atoms with Gasteiger partial charge in [-0.05, 0) is 45.0 Å². The first-order valence-corrected chi connectivity index (χ1v) is 13.9. The maximum absolute atomic E-state index is 12.4. The molecule has 1 amide bonds. The second-order valence-electron chi connectivity index (χ2n) is 10.7. The van der Waals surface area contributed by atoms with Crippen LogP contribution in [0, 0.1) is 11.3 Å². The van der Waals surface area contributed by atoms with E-state index in [0.717, 1.165) is 38.3 Å². The lowest BCUT2D eigenvalue weighted by atomic mass is 10.1. The van der Waals surface area contributed by atoms with E-state index in [0.29, 0.717) is 45.0 Å². The van der Waals surface area contributed by atoms with E-state index < -0.39 is 5.60 Å². The molecule has 2 aliphatic heterocycles. The van der Waals surface area contributed by atoms with Crippen LogP contribution in [0.2, 0.25) is 0 Å². The Morgan fingerprint density at radius 3 is 2.65 bits per heavy atom. The molecule has 1 N–H and O–H groups in total. The third-order valence-corrected chi connectivity index (χ3v) is 7.66. The summed E-state index contributed by atoms with van der Waals surface area (Å²) in [6.07, 6.45) is 3.07. The largest absolute Gasteiger partial charge is 0.444 e. The van der Waals surface area contributed by atoms with Gasteiger partial charge in [0.25, 0.3) is 0 Å². The molecule has 6 rings (SSSR count). The first kappa shape index (κ1) is 26.0. The number of hydrogen-bond donors (Lipinski definition) is 1. The predicted octanol–water partition coefficient (Wildman–Crippen LogP) is 3.65. The quantitative estimate of drug-likeness (QED) is 0.386. The Kier molecular flexibility index (Phi) is 6.73. The van der Waals surface area contributed by atoms with Crippen LogP contribution in [-0.4, -0.2) is 86.8 Å². The molecule has 2 fully saturated rings. The zero-order valence-electron chi connectivity index (χ0n) is 22.5. The van der Waals surface area contributed by atoms with Crippen molar-refractivity contribution in [3.05, 3.63) is 42.2 Å². The molecule has 0 aromatic carbocycles. The van der Waals surface area contributed by atoms with Crippen molar-refractivity contribution >= 4 is 33.8 Å². The maximum atomic E-state index is 12.4. The maximum Gasteiger partial charge on any atom is 0.410 e. The topological polar surface area (TPSA) is 134 Å². The molecule has 0 radical (unpaired) electrons. The fraction of sp³-hybridized carbons (Fsp3) is 0.407. The molecule has 12 nitrogen and oxygen atoms in total. The fourth-order valence-corrected chi connectivity index (χ4v) is 5.46. The highest BCUT2D eigenvalue weighted by Gasteiger charge is 2.28. The van der Waals surface area contributed by atoms with Crippen LogP contribution in [-0.2, 0) is 9.47 Å². The van der Waals surface area contributed by atoms with Crippen LogP contribution in [0.3, 0.4) is 0 Å². The van der Waals surface area contributed by atoms with E-state index in [1.54, 1.807) is 21.7 Å². The summed E-state index contributed by atoms with van der Waals surface area (Å²) in [5, 5.41) is 27.7. The number of nitrogens with one attached hydrogen (secondary N) is 1. The normalized spacial score (nSPS) is 16.1. The minimum Gasteiger partial charge on any atom is -0.444 e. The first-order chi connectivity index (χ1) is 19.3. The van der Waals surface area contributed by atoms with Crippen LogP contribution < -0.4 is 10.2 Å². The summed E-state index contributed by atoms with van der Waals surface area (Å²) in [6, 6.07) is 9.98. The number of aromatic nitrogens is 5. The second-order valence-corrected chi connectivity index (χ2v) is 11.7. The lowest BCUT2D eigenvalue weighted by molar-refractivity contribution is 0.0211. The molecule has 4 aromatic heterocycles. The van der Waals surface area contributed by atoms with Crippen LogP contribution >= 0.6 is 11.3 Å². The summed E-state index contributed by atoms with van der Waals surface area (Å²) < 4.78 is 12.7. The van der Waals surface area contributed by atoms with Gasteiger partial charge in [0.15, 0.2) is 5.01 Å². The number of ether oxygens (including phenoxy) is 2. The van der Waals surface area contributed by atoms with Crippen molar-refractivity contribution in [1.29, 1.82) is 5.26 Å². The van der Waals surface area contributed by atoms with Crippen molar-refractivity contribution in [3.8, 4) is 28.0 Å². The number of piperazine rings is 1. The minimum absolute atomic E-state index is 0.197. The number of nitriles is 1. The summed E-state index contributed by atoms with van der Waals surface area (Å²) in [7, 11) is 0. The van der Waals surface area contributed by atoms with Gasteiger partial charge in [0, 0.05) is 38.1 Å². The molecular weight excluding hydrogens is 530 g/mol. The average molecular weight is 560 g/mol. The Balaban J connectivity index is 1.23. The monoisotopic (exact) mass is 559 g/mol. The number of fused-ring (bicyclic) bond motifs is 1. The molecule has 0 unspecified atom stereocenters. The van der Waals surface area contributed by atoms with E-state index in [-0.39, 0.29) is 12.1 Å². The van der Waals surface area contributed by atoms with Gasteiger partial charge in [-0.2, -0.15) is 10.4 Å². The molecule has 0 spiro atoms. The molecule has 0 aliphatic carbocycles. The standard InChI is InChI=1S/C27H29N9O3S/c1-27(2,3)39-26(37)35-8-6-34(7-9-35)25-33-32-24(40-25)20-14-29-22(11-21(20)31-18-15-38-16-18)23-5-4-19-10-17(12-28)13-30-36(19)23/h4-5,10-11,13-14,18H,6-9,15-16H2,1-3H3,(H,29,31). The van der Waals surface area contributed by atoms with Gasteiger partial charge in [0.1, 0.15) is 11.7 Å². The van der Waals surface area contributed by atoms with Gasteiger partial charge >= 0.3 is 6.09 Å². The summed E-state index contributed by atoms with van der Waals surface area (Å²) in [4.78, 5) is 21.1. The van der Waals surface area contributed by atoms with Crippen molar-refractivity contribution in [1.82, 2.24) is 29.7 Å².